The molecule has 1 saturated heterocycles. The highest BCUT2D eigenvalue weighted by molar-refractivity contribution is 6.38. The number of carbonyl (C=O) groups is 3. The second kappa shape index (κ2) is 4.23. The van der Waals surface area contributed by atoms with Crippen molar-refractivity contribution in [3.05, 3.63) is 0 Å². The van der Waals surface area contributed by atoms with Crippen molar-refractivity contribution in [2.45, 2.75) is 39.7 Å². The largest absolute Gasteiger partial charge is 0.548 e. The Labute approximate surface area is 94.4 Å². The predicted octanol–water partition coefficient (Wildman–Crippen LogP) is -0.657. The number of Topliss-reactive ketones (excluding diaryl/α,β-unsaturated/α-hetero) is 1. The van der Waals surface area contributed by atoms with Gasteiger partial charge in [0.2, 0.25) is 5.78 Å². The van der Waals surface area contributed by atoms with Crippen molar-refractivity contribution in [3.63, 3.8) is 0 Å². The number of carboxylic acids is 1. The molecule has 0 aromatic rings. The molecule has 1 rings (SSSR count). The van der Waals surface area contributed by atoms with Gasteiger partial charge in [-0.3, -0.25) is 9.59 Å². The third kappa shape index (κ3) is 2.40. The number of hydrogen-bond donors (Lipinski definition) is 0. The molecule has 90 valence electrons. The fourth-order valence-electron chi connectivity index (χ4n) is 1.71. The van der Waals surface area contributed by atoms with Gasteiger partial charge < -0.3 is 14.8 Å². The number of rotatable bonds is 2. The Bertz CT molecular complexity index is 329. The van der Waals surface area contributed by atoms with Gasteiger partial charge in [0.15, 0.2) is 0 Å². The molecule has 1 aliphatic heterocycles. The lowest BCUT2D eigenvalue weighted by Gasteiger charge is -2.27. The summed E-state index contributed by atoms with van der Waals surface area (Å²) >= 11 is 0. The van der Waals surface area contributed by atoms with Gasteiger partial charge in [-0.05, 0) is 12.8 Å². The molecule has 0 N–H and O–H groups in total. The molecule has 1 amide bonds. The summed E-state index contributed by atoms with van der Waals surface area (Å²) in [5.41, 5.74) is -0.782. The third-order valence-corrected chi connectivity index (χ3v) is 2.66. The number of nitrogens with zero attached hydrogens (tertiary/aromatic N) is 1. The highest BCUT2D eigenvalue weighted by atomic mass is 16.4. The molecule has 0 radical (unpaired) electrons. The summed E-state index contributed by atoms with van der Waals surface area (Å²) in [5, 5.41) is 10.8. The maximum Gasteiger partial charge on any atom is 0.291 e. The van der Waals surface area contributed by atoms with Crippen LogP contribution in [0.25, 0.3) is 0 Å². The van der Waals surface area contributed by atoms with Crippen molar-refractivity contribution in [1.29, 1.82) is 0 Å². The van der Waals surface area contributed by atoms with Gasteiger partial charge in [-0.2, -0.15) is 0 Å². The standard InChI is InChI=1S/C11H17NO4/c1-11(2,3)8(13)9(14)12-6-4-5-7(12)10(15)16/h7H,4-6H2,1-3H3,(H,15,16)/p-1. The van der Waals surface area contributed by atoms with Crippen LogP contribution >= 0.6 is 0 Å². The zero-order valence-corrected chi connectivity index (χ0v) is 9.78. The number of ketones is 1. The lowest BCUT2D eigenvalue weighted by atomic mass is 9.90. The van der Waals surface area contributed by atoms with Crippen molar-refractivity contribution >= 4 is 17.7 Å². The Morgan fingerprint density at radius 1 is 1.25 bits per heavy atom. The minimum absolute atomic E-state index is 0.319. The van der Waals surface area contributed by atoms with Crippen LogP contribution in [0.3, 0.4) is 0 Å². The Morgan fingerprint density at radius 2 is 1.81 bits per heavy atom. The fraction of sp³-hybridized carbons (Fsp3) is 0.727. The van der Waals surface area contributed by atoms with E-state index in [2.05, 4.69) is 0 Å². The molecular formula is C11H16NO4-. The van der Waals surface area contributed by atoms with E-state index in [1.54, 1.807) is 20.8 Å². The molecule has 16 heavy (non-hydrogen) atoms. The molecule has 0 spiro atoms. The Kier molecular flexibility index (Phi) is 3.35. The molecule has 0 saturated carbocycles. The molecule has 0 bridgehead atoms. The van der Waals surface area contributed by atoms with Gasteiger partial charge in [-0.1, -0.05) is 20.8 Å². The molecule has 1 heterocycles. The Hall–Kier alpha value is -1.39. The fourth-order valence-corrected chi connectivity index (χ4v) is 1.71. The number of aliphatic carboxylic acids is 1. The van der Waals surface area contributed by atoms with Gasteiger partial charge in [0.25, 0.3) is 5.91 Å². The van der Waals surface area contributed by atoms with E-state index in [9.17, 15) is 19.5 Å². The summed E-state index contributed by atoms with van der Waals surface area (Å²) in [4.78, 5) is 35.4. The molecule has 0 aliphatic carbocycles. The van der Waals surface area contributed by atoms with Gasteiger partial charge in [0, 0.05) is 12.0 Å². The number of hydrogen-bond acceptors (Lipinski definition) is 4. The zero-order valence-electron chi connectivity index (χ0n) is 9.78. The van der Waals surface area contributed by atoms with Crippen molar-refractivity contribution in [2.24, 2.45) is 5.41 Å². The van der Waals surface area contributed by atoms with Crippen molar-refractivity contribution in [1.82, 2.24) is 4.90 Å². The first-order valence-corrected chi connectivity index (χ1v) is 5.31. The van der Waals surface area contributed by atoms with Gasteiger partial charge >= 0.3 is 0 Å². The van der Waals surface area contributed by atoms with Gasteiger partial charge in [-0.25, -0.2) is 0 Å². The van der Waals surface area contributed by atoms with Crippen molar-refractivity contribution in [2.75, 3.05) is 6.54 Å². The average molecular weight is 226 g/mol. The van der Waals surface area contributed by atoms with Crippen molar-refractivity contribution in [3.8, 4) is 0 Å². The van der Waals surface area contributed by atoms with Crippen molar-refractivity contribution < 1.29 is 19.5 Å². The van der Waals surface area contributed by atoms with Crippen LogP contribution in [-0.4, -0.2) is 35.1 Å². The van der Waals surface area contributed by atoms with E-state index in [0.29, 0.717) is 19.4 Å². The van der Waals surface area contributed by atoms with Gasteiger partial charge in [0.05, 0.1) is 12.0 Å². The summed E-state index contributed by atoms with van der Waals surface area (Å²) in [6.45, 7) is 5.23. The average Bonchev–Trinajstić information content (AvgIpc) is 2.62. The van der Waals surface area contributed by atoms with Crippen LogP contribution in [-0.2, 0) is 14.4 Å². The first-order valence-electron chi connectivity index (χ1n) is 5.31. The molecule has 5 heteroatoms. The van der Waals surface area contributed by atoms with Crippen LogP contribution < -0.4 is 5.11 Å². The number of amides is 1. The maximum absolute atomic E-state index is 11.8. The molecule has 1 unspecified atom stereocenters. The minimum Gasteiger partial charge on any atom is -0.548 e. The van der Waals surface area contributed by atoms with Gasteiger partial charge in [0.1, 0.15) is 0 Å². The second-order valence-corrected chi connectivity index (χ2v) is 5.05. The summed E-state index contributed by atoms with van der Waals surface area (Å²) in [6.07, 6.45) is 0.966. The monoisotopic (exact) mass is 226 g/mol. The molecule has 5 nitrogen and oxygen atoms in total. The lowest BCUT2D eigenvalue weighted by molar-refractivity contribution is -0.310. The van der Waals surface area contributed by atoms with Crippen LogP contribution in [0.15, 0.2) is 0 Å². The first kappa shape index (κ1) is 12.7. The Balaban J connectivity index is 2.82. The predicted molar refractivity (Wildman–Crippen MR) is 54.2 cm³/mol. The summed E-state index contributed by atoms with van der Waals surface area (Å²) in [6, 6.07) is -0.946. The number of likely N-dealkylation sites (tertiary alicyclic amines) is 1. The molecule has 0 aromatic carbocycles. The van der Waals surface area contributed by atoms with E-state index < -0.39 is 29.1 Å². The summed E-state index contributed by atoms with van der Waals surface area (Å²) < 4.78 is 0. The van der Waals surface area contributed by atoms with Crippen LogP contribution in [0.1, 0.15) is 33.6 Å². The number of carboxylic acid groups (broad SMARTS) is 1. The van der Waals surface area contributed by atoms with E-state index in [0.717, 1.165) is 4.90 Å². The summed E-state index contributed by atoms with van der Waals surface area (Å²) in [7, 11) is 0. The van der Waals surface area contributed by atoms with E-state index in [1.807, 2.05) is 0 Å². The molecule has 1 aliphatic rings. The lowest BCUT2D eigenvalue weighted by Crippen LogP contribution is -2.50. The smallest absolute Gasteiger partial charge is 0.291 e. The van der Waals surface area contributed by atoms with Crippen LogP contribution in [0.2, 0.25) is 0 Å². The molecule has 1 fully saturated rings. The van der Waals surface area contributed by atoms with Gasteiger partial charge in [-0.15, -0.1) is 0 Å². The second-order valence-electron chi connectivity index (χ2n) is 5.05. The summed E-state index contributed by atoms with van der Waals surface area (Å²) in [5.74, 6) is -2.55. The van der Waals surface area contributed by atoms with E-state index >= 15 is 0 Å². The quantitative estimate of drug-likeness (QED) is 0.586. The van der Waals surface area contributed by atoms with E-state index in [-0.39, 0.29) is 0 Å². The highest BCUT2D eigenvalue weighted by Gasteiger charge is 2.37. The topological polar surface area (TPSA) is 77.5 Å². The SMILES string of the molecule is CC(C)(C)C(=O)C(=O)N1CCCC1C(=O)[O-]. The zero-order chi connectivity index (χ0) is 12.5. The van der Waals surface area contributed by atoms with Crippen LogP contribution in [0, 0.1) is 5.41 Å². The molecule has 1 atom stereocenters. The molecule has 0 aromatic heterocycles. The normalized spacial score (nSPS) is 20.9. The van der Waals surface area contributed by atoms with Crippen LogP contribution in [0.5, 0.6) is 0 Å². The maximum atomic E-state index is 11.8. The van der Waals surface area contributed by atoms with Crippen LogP contribution in [0.4, 0.5) is 0 Å². The minimum atomic E-state index is -1.28. The Morgan fingerprint density at radius 3 is 2.25 bits per heavy atom. The number of carbonyl (C=O) groups excluding carboxylic acids is 3. The molecular weight excluding hydrogens is 210 g/mol. The highest BCUT2D eigenvalue weighted by Crippen LogP contribution is 2.21. The first-order chi connectivity index (χ1) is 7.25. The third-order valence-electron chi connectivity index (χ3n) is 2.66. The van der Waals surface area contributed by atoms with E-state index in [4.69, 9.17) is 0 Å². The van der Waals surface area contributed by atoms with E-state index in [1.165, 1.54) is 0 Å².